The first-order valence-corrected chi connectivity index (χ1v) is 5.99. The summed E-state index contributed by atoms with van der Waals surface area (Å²) in [5.41, 5.74) is 0. The molecule has 0 radical (unpaired) electrons. The Bertz CT molecular complexity index is 317. The van der Waals surface area contributed by atoms with Gasteiger partial charge in [0.25, 0.3) is 0 Å². The molecule has 0 saturated carbocycles. The number of nitrogens with zero attached hydrogens (tertiary/aromatic N) is 5. The molecule has 1 N–H and O–H groups in total. The number of aryl methyl sites for hydroxylation is 1. The summed E-state index contributed by atoms with van der Waals surface area (Å²) in [6.45, 7) is 6.44. The fourth-order valence-corrected chi connectivity index (χ4v) is 2.22. The van der Waals surface area contributed by atoms with Crippen molar-refractivity contribution in [2.75, 3.05) is 31.1 Å². The van der Waals surface area contributed by atoms with Crippen molar-refractivity contribution in [1.82, 2.24) is 25.5 Å². The molecule has 0 unspecified atom stereocenters. The van der Waals surface area contributed by atoms with Gasteiger partial charge in [0.15, 0.2) is 0 Å². The maximum atomic E-state index is 4.06. The van der Waals surface area contributed by atoms with Crippen LogP contribution < -0.4 is 10.2 Å². The predicted molar refractivity (Wildman–Crippen MR) is 62.3 cm³/mol. The second kappa shape index (κ2) is 5.25. The van der Waals surface area contributed by atoms with Gasteiger partial charge in [0.1, 0.15) is 0 Å². The Hall–Kier alpha value is -1.17. The van der Waals surface area contributed by atoms with E-state index in [1.165, 1.54) is 12.8 Å². The molecule has 2 heterocycles. The van der Waals surface area contributed by atoms with Crippen LogP contribution in [0.3, 0.4) is 0 Å². The summed E-state index contributed by atoms with van der Waals surface area (Å²) < 4.78 is 1.74. The number of piperidine rings is 1. The third kappa shape index (κ3) is 2.49. The molecule has 0 aliphatic carbocycles. The smallest absolute Gasteiger partial charge is 0.245 e. The van der Waals surface area contributed by atoms with Gasteiger partial charge in [-0.1, -0.05) is 5.10 Å². The van der Waals surface area contributed by atoms with Crippen LogP contribution in [0, 0.1) is 5.92 Å². The molecular weight excluding hydrogens is 204 g/mol. The van der Waals surface area contributed by atoms with E-state index >= 15 is 0 Å². The van der Waals surface area contributed by atoms with Crippen molar-refractivity contribution in [1.29, 1.82) is 0 Å². The molecule has 1 aromatic rings. The van der Waals surface area contributed by atoms with E-state index in [0.29, 0.717) is 0 Å². The minimum Gasteiger partial charge on any atom is -0.340 e. The lowest BCUT2D eigenvalue weighted by molar-refractivity contribution is 0.372. The lowest BCUT2D eigenvalue weighted by atomic mass is 9.98. The lowest BCUT2D eigenvalue weighted by Crippen LogP contribution is -2.37. The molecule has 0 aromatic carbocycles. The maximum absolute atomic E-state index is 4.06. The highest BCUT2D eigenvalue weighted by Gasteiger charge is 2.19. The van der Waals surface area contributed by atoms with Gasteiger partial charge in [0.2, 0.25) is 5.95 Å². The monoisotopic (exact) mass is 224 g/mol. The normalized spacial score (nSPS) is 17.6. The van der Waals surface area contributed by atoms with Crippen LogP contribution >= 0.6 is 0 Å². The zero-order chi connectivity index (χ0) is 11.4. The summed E-state index contributed by atoms with van der Waals surface area (Å²) in [6.07, 6.45) is 2.50. The summed E-state index contributed by atoms with van der Waals surface area (Å²) in [5.74, 6) is 1.64. The Morgan fingerprint density at radius 3 is 2.75 bits per heavy atom. The van der Waals surface area contributed by atoms with Crippen molar-refractivity contribution in [2.24, 2.45) is 13.0 Å². The molecule has 16 heavy (non-hydrogen) atoms. The minimum atomic E-state index is 0.762. The number of hydrogen-bond donors (Lipinski definition) is 1. The van der Waals surface area contributed by atoms with Crippen LogP contribution in [0.15, 0.2) is 0 Å². The molecule has 0 spiro atoms. The highest BCUT2D eigenvalue weighted by Crippen LogP contribution is 2.16. The average molecular weight is 224 g/mol. The highest BCUT2D eigenvalue weighted by molar-refractivity contribution is 5.27. The van der Waals surface area contributed by atoms with Crippen LogP contribution in [0.25, 0.3) is 0 Å². The van der Waals surface area contributed by atoms with Crippen molar-refractivity contribution in [3.63, 3.8) is 0 Å². The molecule has 2 rings (SSSR count). The van der Waals surface area contributed by atoms with Crippen molar-refractivity contribution in [3.05, 3.63) is 0 Å². The molecule has 1 fully saturated rings. The first kappa shape index (κ1) is 11.3. The SMILES string of the molecule is CCN(CC1CCNCC1)c1nnnn1C. The first-order chi connectivity index (χ1) is 7.81. The Balaban J connectivity index is 1.97. The molecule has 6 heteroatoms. The van der Waals surface area contributed by atoms with E-state index < -0.39 is 0 Å². The van der Waals surface area contributed by atoms with Gasteiger partial charge in [-0.3, -0.25) is 0 Å². The zero-order valence-electron chi connectivity index (χ0n) is 10.1. The number of hydrogen-bond acceptors (Lipinski definition) is 5. The summed E-state index contributed by atoms with van der Waals surface area (Å²) in [5, 5.41) is 15.0. The van der Waals surface area contributed by atoms with E-state index in [9.17, 15) is 0 Å². The number of aromatic nitrogens is 4. The second-order valence-corrected chi connectivity index (χ2v) is 4.33. The van der Waals surface area contributed by atoms with E-state index in [4.69, 9.17) is 0 Å². The van der Waals surface area contributed by atoms with Crippen LogP contribution in [0.5, 0.6) is 0 Å². The van der Waals surface area contributed by atoms with Gasteiger partial charge in [-0.15, -0.1) is 0 Å². The number of rotatable bonds is 4. The first-order valence-electron chi connectivity index (χ1n) is 5.99. The fraction of sp³-hybridized carbons (Fsp3) is 0.900. The van der Waals surface area contributed by atoms with Gasteiger partial charge < -0.3 is 10.2 Å². The van der Waals surface area contributed by atoms with E-state index in [1.54, 1.807) is 4.68 Å². The van der Waals surface area contributed by atoms with Crippen LogP contribution in [-0.4, -0.2) is 46.4 Å². The molecule has 1 aliphatic rings. The van der Waals surface area contributed by atoms with Crippen LogP contribution in [0.1, 0.15) is 19.8 Å². The van der Waals surface area contributed by atoms with Gasteiger partial charge in [0, 0.05) is 20.1 Å². The Kier molecular flexibility index (Phi) is 3.71. The zero-order valence-corrected chi connectivity index (χ0v) is 10.1. The summed E-state index contributed by atoms with van der Waals surface area (Å²) in [4.78, 5) is 2.26. The third-order valence-corrected chi connectivity index (χ3v) is 3.20. The van der Waals surface area contributed by atoms with Crippen molar-refractivity contribution in [2.45, 2.75) is 19.8 Å². The standard InChI is InChI=1S/C10H20N6/c1-3-16(10-12-13-14-15(10)2)8-9-4-6-11-7-5-9/h9,11H,3-8H2,1-2H3. The largest absolute Gasteiger partial charge is 0.340 e. The van der Waals surface area contributed by atoms with Crippen molar-refractivity contribution >= 4 is 5.95 Å². The summed E-state index contributed by atoms with van der Waals surface area (Å²) in [6, 6.07) is 0. The summed E-state index contributed by atoms with van der Waals surface area (Å²) in [7, 11) is 1.89. The number of tetrazole rings is 1. The van der Waals surface area contributed by atoms with E-state index in [-0.39, 0.29) is 0 Å². The van der Waals surface area contributed by atoms with Gasteiger partial charge in [-0.2, -0.15) is 0 Å². The second-order valence-electron chi connectivity index (χ2n) is 4.33. The molecule has 6 nitrogen and oxygen atoms in total. The van der Waals surface area contributed by atoms with Gasteiger partial charge in [-0.05, 0) is 49.2 Å². The molecule has 90 valence electrons. The molecule has 1 aliphatic heterocycles. The van der Waals surface area contributed by atoms with E-state index in [1.807, 2.05) is 7.05 Å². The lowest BCUT2D eigenvalue weighted by Gasteiger charge is -2.29. The van der Waals surface area contributed by atoms with Crippen LogP contribution in [-0.2, 0) is 7.05 Å². The Labute approximate surface area is 96.0 Å². The molecule has 0 bridgehead atoms. The molecular formula is C10H20N6. The van der Waals surface area contributed by atoms with Gasteiger partial charge in [-0.25, -0.2) is 4.68 Å². The van der Waals surface area contributed by atoms with Crippen molar-refractivity contribution < 1.29 is 0 Å². The topological polar surface area (TPSA) is 58.9 Å². The number of anilines is 1. The average Bonchev–Trinajstić information content (AvgIpc) is 2.74. The van der Waals surface area contributed by atoms with E-state index in [0.717, 1.165) is 38.0 Å². The Morgan fingerprint density at radius 2 is 2.19 bits per heavy atom. The summed E-state index contributed by atoms with van der Waals surface area (Å²) >= 11 is 0. The van der Waals surface area contributed by atoms with E-state index in [2.05, 4.69) is 32.7 Å². The molecule has 1 saturated heterocycles. The molecule has 0 atom stereocenters. The molecule has 0 amide bonds. The number of nitrogens with one attached hydrogen (secondary N) is 1. The Morgan fingerprint density at radius 1 is 1.44 bits per heavy atom. The maximum Gasteiger partial charge on any atom is 0.245 e. The molecule has 1 aromatic heterocycles. The highest BCUT2D eigenvalue weighted by atomic mass is 15.6. The van der Waals surface area contributed by atoms with Crippen molar-refractivity contribution in [3.8, 4) is 0 Å². The minimum absolute atomic E-state index is 0.762. The van der Waals surface area contributed by atoms with Crippen LogP contribution in [0.2, 0.25) is 0 Å². The fourth-order valence-electron chi connectivity index (χ4n) is 2.22. The quantitative estimate of drug-likeness (QED) is 0.782. The predicted octanol–water partition coefficient (Wildman–Crippen LogP) is 0.0360. The van der Waals surface area contributed by atoms with Gasteiger partial charge >= 0.3 is 0 Å². The van der Waals surface area contributed by atoms with Crippen LogP contribution in [0.4, 0.5) is 5.95 Å². The third-order valence-electron chi connectivity index (χ3n) is 3.20. The van der Waals surface area contributed by atoms with Gasteiger partial charge in [0.05, 0.1) is 0 Å².